The Kier molecular flexibility index (Phi) is 4.01. The maximum atomic E-state index is 16.5. The largest absolute Gasteiger partial charge is 0.502 e. The summed E-state index contributed by atoms with van der Waals surface area (Å²) < 4.78 is 42.8. The van der Waals surface area contributed by atoms with Gasteiger partial charge in [-0.15, -0.1) is 0 Å². The van der Waals surface area contributed by atoms with Crippen molar-refractivity contribution >= 4 is 5.97 Å². The van der Waals surface area contributed by atoms with Gasteiger partial charge in [0.15, 0.2) is 23.0 Å². The van der Waals surface area contributed by atoms with Crippen LogP contribution in [0.15, 0.2) is 24.3 Å². The Bertz CT molecular complexity index is 1030. The van der Waals surface area contributed by atoms with Crippen LogP contribution in [0, 0.1) is 5.92 Å². The molecule has 5 rings (SSSR count). The van der Waals surface area contributed by atoms with Crippen molar-refractivity contribution in [1.82, 2.24) is 0 Å². The first-order chi connectivity index (χ1) is 14.4. The Labute approximate surface area is 170 Å². The predicted octanol–water partition coefficient (Wildman–Crippen LogP) is 2.20. The highest BCUT2D eigenvalue weighted by atomic mass is 19.1. The zero-order chi connectivity index (χ0) is 21.2. The molecular weight excluding hydrogens is 399 g/mol. The van der Waals surface area contributed by atoms with Gasteiger partial charge < -0.3 is 33.9 Å². The number of hydrogen-bond donors (Lipinski definition) is 2. The standard InChI is InChI=1S/C21H19FO8/c1-26-15-3-9(4-16(27-2)19(15)24)17-10-5-13-14(30-8-29-13)6-11(10)18(23)12-7-28-20(25)21(12,17)22/h3-6,12,17-18,23-24H,7-8H2,1-2H3/t12-,17-,18-,21-/m1/s1. The second-order valence-corrected chi connectivity index (χ2v) is 7.46. The molecule has 0 bridgehead atoms. The van der Waals surface area contributed by atoms with Gasteiger partial charge in [-0.2, -0.15) is 0 Å². The normalized spacial score (nSPS) is 28.5. The van der Waals surface area contributed by atoms with E-state index in [9.17, 15) is 15.0 Å². The van der Waals surface area contributed by atoms with Gasteiger partial charge in [0.05, 0.1) is 32.2 Å². The van der Waals surface area contributed by atoms with Gasteiger partial charge in [0, 0.05) is 0 Å². The fourth-order valence-corrected chi connectivity index (χ4v) is 4.63. The van der Waals surface area contributed by atoms with Crippen LogP contribution in [0.4, 0.5) is 4.39 Å². The van der Waals surface area contributed by atoms with Gasteiger partial charge in [-0.25, -0.2) is 9.18 Å². The smallest absolute Gasteiger partial charge is 0.345 e. The van der Waals surface area contributed by atoms with Gasteiger partial charge in [-0.05, 0) is 41.0 Å². The summed E-state index contributed by atoms with van der Waals surface area (Å²) in [5, 5.41) is 21.2. The molecule has 3 aliphatic rings. The quantitative estimate of drug-likeness (QED) is 0.732. The second-order valence-electron chi connectivity index (χ2n) is 7.46. The first kappa shape index (κ1) is 18.8. The average Bonchev–Trinajstić information content (AvgIpc) is 3.32. The SMILES string of the molecule is COc1cc([C@@H]2c3cc4c(cc3[C@@H](O)[C@H]3COC(=O)[C@]23F)OCO4)cc(OC)c1O. The molecule has 2 aromatic carbocycles. The molecule has 4 atom stereocenters. The van der Waals surface area contributed by atoms with Crippen molar-refractivity contribution in [2.45, 2.75) is 17.7 Å². The summed E-state index contributed by atoms with van der Waals surface area (Å²) in [5.41, 5.74) is -1.43. The molecule has 0 amide bonds. The molecule has 9 heteroatoms. The zero-order valence-electron chi connectivity index (χ0n) is 16.2. The Morgan fingerprint density at radius 2 is 1.63 bits per heavy atom. The van der Waals surface area contributed by atoms with E-state index in [2.05, 4.69) is 0 Å². The average molecular weight is 418 g/mol. The number of phenolic OH excluding ortho intramolecular Hbond substituents is 1. The lowest BCUT2D eigenvalue weighted by Gasteiger charge is -2.40. The summed E-state index contributed by atoms with van der Waals surface area (Å²) in [6.07, 6.45) is -1.27. The topological polar surface area (TPSA) is 104 Å². The Balaban J connectivity index is 1.79. The number of rotatable bonds is 3. The van der Waals surface area contributed by atoms with Crippen LogP contribution in [0.1, 0.15) is 28.7 Å². The van der Waals surface area contributed by atoms with Crippen LogP contribution in [-0.4, -0.2) is 49.5 Å². The fraction of sp³-hybridized carbons (Fsp3) is 0.381. The molecule has 1 saturated heterocycles. The van der Waals surface area contributed by atoms with Gasteiger partial charge in [-0.3, -0.25) is 0 Å². The molecule has 2 aliphatic heterocycles. The van der Waals surface area contributed by atoms with E-state index in [4.69, 9.17) is 23.7 Å². The van der Waals surface area contributed by atoms with Gasteiger partial charge in [0.2, 0.25) is 18.2 Å². The van der Waals surface area contributed by atoms with Crippen LogP contribution >= 0.6 is 0 Å². The summed E-state index contributed by atoms with van der Waals surface area (Å²) in [4.78, 5) is 12.6. The number of ether oxygens (including phenoxy) is 5. The molecule has 2 aromatic rings. The number of hydrogen-bond acceptors (Lipinski definition) is 8. The lowest BCUT2D eigenvalue weighted by Crippen LogP contribution is -2.48. The van der Waals surface area contributed by atoms with Crippen molar-refractivity contribution in [3.8, 4) is 28.7 Å². The first-order valence-electron chi connectivity index (χ1n) is 9.32. The minimum atomic E-state index is -2.53. The third-order valence-corrected chi connectivity index (χ3v) is 6.09. The molecule has 158 valence electrons. The number of carbonyl (C=O) groups is 1. The molecular formula is C21H19FO8. The van der Waals surface area contributed by atoms with E-state index in [1.165, 1.54) is 26.4 Å². The molecule has 1 aliphatic carbocycles. The maximum absolute atomic E-state index is 16.5. The Hall–Kier alpha value is -3.20. The van der Waals surface area contributed by atoms with Crippen LogP contribution < -0.4 is 18.9 Å². The molecule has 8 nitrogen and oxygen atoms in total. The number of methoxy groups -OCH3 is 2. The van der Waals surface area contributed by atoms with Crippen molar-refractivity contribution in [3.63, 3.8) is 0 Å². The van der Waals surface area contributed by atoms with Crippen LogP contribution in [-0.2, 0) is 9.53 Å². The van der Waals surface area contributed by atoms with Crippen molar-refractivity contribution in [1.29, 1.82) is 0 Å². The minimum Gasteiger partial charge on any atom is -0.502 e. The fourth-order valence-electron chi connectivity index (χ4n) is 4.63. The summed E-state index contributed by atoms with van der Waals surface area (Å²) in [6.45, 7) is -0.251. The Morgan fingerprint density at radius 3 is 2.23 bits per heavy atom. The highest BCUT2D eigenvalue weighted by molar-refractivity contribution is 5.86. The van der Waals surface area contributed by atoms with E-state index in [0.717, 1.165) is 0 Å². The number of halogens is 1. The van der Waals surface area contributed by atoms with Gasteiger partial charge in [0.1, 0.15) is 6.61 Å². The number of aromatic hydroxyl groups is 1. The van der Waals surface area contributed by atoms with Crippen molar-refractivity contribution in [2.24, 2.45) is 5.92 Å². The molecule has 0 spiro atoms. The molecule has 0 aromatic heterocycles. The van der Waals surface area contributed by atoms with E-state index in [0.29, 0.717) is 28.2 Å². The van der Waals surface area contributed by atoms with Gasteiger partial charge >= 0.3 is 5.97 Å². The highest BCUT2D eigenvalue weighted by Crippen LogP contribution is 2.58. The zero-order valence-corrected chi connectivity index (χ0v) is 16.2. The second kappa shape index (κ2) is 6.40. The lowest BCUT2D eigenvalue weighted by atomic mass is 9.64. The summed E-state index contributed by atoms with van der Waals surface area (Å²) in [5.74, 6) is -2.63. The number of fused-ring (bicyclic) bond motifs is 3. The summed E-state index contributed by atoms with van der Waals surface area (Å²) in [7, 11) is 2.71. The number of aliphatic hydroxyl groups is 1. The molecule has 2 heterocycles. The number of alkyl halides is 1. The van der Waals surface area contributed by atoms with Crippen molar-refractivity contribution < 1.29 is 43.1 Å². The highest BCUT2D eigenvalue weighted by Gasteiger charge is 2.65. The van der Waals surface area contributed by atoms with E-state index < -0.39 is 29.6 Å². The molecule has 2 N–H and O–H groups in total. The summed E-state index contributed by atoms with van der Waals surface area (Å²) >= 11 is 0. The van der Waals surface area contributed by atoms with E-state index in [1.54, 1.807) is 12.1 Å². The van der Waals surface area contributed by atoms with Gasteiger partial charge in [0.25, 0.3) is 0 Å². The van der Waals surface area contributed by atoms with Gasteiger partial charge in [-0.1, -0.05) is 0 Å². The molecule has 1 fully saturated rings. The van der Waals surface area contributed by atoms with Crippen LogP contribution in [0.2, 0.25) is 0 Å². The third-order valence-electron chi connectivity index (χ3n) is 6.09. The number of esters is 1. The minimum absolute atomic E-state index is 0.00603. The summed E-state index contributed by atoms with van der Waals surface area (Å²) in [6, 6.07) is 6.06. The van der Waals surface area contributed by atoms with Crippen LogP contribution in [0.5, 0.6) is 28.7 Å². The lowest BCUT2D eigenvalue weighted by molar-refractivity contribution is -0.150. The Morgan fingerprint density at radius 1 is 1.03 bits per heavy atom. The molecule has 0 saturated carbocycles. The van der Waals surface area contributed by atoms with E-state index in [-0.39, 0.29) is 30.6 Å². The van der Waals surface area contributed by atoms with E-state index >= 15 is 4.39 Å². The number of cyclic esters (lactones) is 1. The van der Waals surface area contributed by atoms with Crippen LogP contribution in [0.3, 0.4) is 0 Å². The third kappa shape index (κ3) is 2.32. The number of aliphatic hydroxyl groups excluding tert-OH is 1. The van der Waals surface area contributed by atoms with Crippen LogP contribution in [0.25, 0.3) is 0 Å². The predicted molar refractivity (Wildman–Crippen MR) is 98.9 cm³/mol. The number of phenols is 1. The van der Waals surface area contributed by atoms with Crippen molar-refractivity contribution in [2.75, 3.05) is 27.6 Å². The first-order valence-corrected chi connectivity index (χ1v) is 9.32. The van der Waals surface area contributed by atoms with Crippen molar-refractivity contribution in [3.05, 3.63) is 41.0 Å². The number of carbonyl (C=O) groups excluding carboxylic acids is 1. The molecule has 0 radical (unpaired) electrons. The number of benzene rings is 2. The monoisotopic (exact) mass is 418 g/mol. The van der Waals surface area contributed by atoms with E-state index in [1.807, 2.05) is 0 Å². The maximum Gasteiger partial charge on any atom is 0.345 e. The molecule has 0 unspecified atom stereocenters. The molecule has 30 heavy (non-hydrogen) atoms.